The normalized spacial score (nSPS) is 20.1. The van der Waals surface area contributed by atoms with Crippen LogP contribution >= 0.6 is 0 Å². The molecular formula is C12H23NO2. The molecule has 0 aliphatic heterocycles. The van der Waals surface area contributed by atoms with Gasteiger partial charge in [0.15, 0.2) is 0 Å². The second-order valence-electron chi connectivity index (χ2n) is 4.88. The molecule has 0 aromatic rings. The first-order valence-corrected chi connectivity index (χ1v) is 5.94. The zero-order chi connectivity index (χ0) is 11.5. The van der Waals surface area contributed by atoms with Gasteiger partial charge in [-0.1, -0.05) is 26.7 Å². The molecule has 0 radical (unpaired) electrons. The van der Waals surface area contributed by atoms with Crippen LogP contribution in [0.15, 0.2) is 0 Å². The summed E-state index contributed by atoms with van der Waals surface area (Å²) < 4.78 is 5.17. The summed E-state index contributed by atoms with van der Waals surface area (Å²) in [4.78, 5) is 12.0. The maximum atomic E-state index is 12.0. The minimum atomic E-state index is -0.447. The van der Waals surface area contributed by atoms with E-state index in [4.69, 9.17) is 10.5 Å². The molecule has 1 fully saturated rings. The molecule has 0 spiro atoms. The lowest BCUT2D eigenvalue weighted by molar-refractivity contribution is -0.158. The summed E-state index contributed by atoms with van der Waals surface area (Å²) in [6.07, 6.45) is 3.39. The van der Waals surface area contributed by atoms with E-state index in [9.17, 15) is 4.79 Å². The lowest BCUT2D eigenvalue weighted by Gasteiger charge is -2.34. The lowest BCUT2D eigenvalue weighted by atomic mass is 9.73. The van der Waals surface area contributed by atoms with Crippen molar-refractivity contribution in [3.05, 3.63) is 0 Å². The Morgan fingerprint density at radius 3 is 2.47 bits per heavy atom. The van der Waals surface area contributed by atoms with Crippen molar-refractivity contribution in [1.82, 2.24) is 0 Å². The number of rotatable bonds is 6. The molecule has 1 saturated carbocycles. The van der Waals surface area contributed by atoms with E-state index in [1.165, 1.54) is 12.8 Å². The molecule has 88 valence electrons. The SMILES string of the molecule is CCOC(=O)C(CN)(CC1CC1)C(C)C. The van der Waals surface area contributed by atoms with Crippen molar-refractivity contribution in [2.24, 2.45) is 23.0 Å². The Bertz CT molecular complexity index is 224. The molecule has 1 unspecified atom stereocenters. The van der Waals surface area contributed by atoms with Gasteiger partial charge in [0.2, 0.25) is 0 Å². The van der Waals surface area contributed by atoms with E-state index in [0.29, 0.717) is 19.1 Å². The van der Waals surface area contributed by atoms with Crippen LogP contribution in [0.4, 0.5) is 0 Å². The van der Waals surface area contributed by atoms with Crippen molar-refractivity contribution in [2.75, 3.05) is 13.2 Å². The van der Waals surface area contributed by atoms with Gasteiger partial charge in [-0.3, -0.25) is 4.79 Å². The minimum Gasteiger partial charge on any atom is -0.466 e. The van der Waals surface area contributed by atoms with Crippen molar-refractivity contribution in [1.29, 1.82) is 0 Å². The molecule has 0 heterocycles. The molecule has 0 bridgehead atoms. The summed E-state index contributed by atoms with van der Waals surface area (Å²) in [6.45, 7) is 6.81. The van der Waals surface area contributed by atoms with Crippen LogP contribution in [0.25, 0.3) is 0 Å². The Balaban J connectivity index is 2.75. The Hall–Kier alpha value is -0.570. The van der Waals surface area contributed by atoms with E-state index in [-0.39, 0.29) is 11.9 Å². The summed E-state index contributed by atoms with van der Waals surface area (Å²) >= 11 is 0. The number of hydrogen-bond acceptors (Lipinski definition) is 3. The van der Waals surface area contributed by atoms with Crippen molar-refractivity contribution in [3.8, 4) is 0 Å². The van der Waals surface area contributed by atoms with Crippen LogP contribution in [-0.2, 0) is 9.53 Å². The highest BCUT2D eigenvalue weighted by Gasteiger charge is 2.45. The monoisotopic (exact) mass is 213 g/mol. The highest BCUT2D eigenvalue weighted by Crippen LogP contribution is 2.44. The summed E-state index contributed by atoms with van der Waals surface area (Å²) in [7, 11) is 0. The topological polar surface area (TPSA) is 52.3 Å². The number of ether oxygens (including phenoxy) is 1. The van der Waals surface area contributed by atoms with Gasteiger partial charge in [-0.05, 0) is 25.2 Å². The molecule has 1 atom stereocenters. The van der Waals surface area contributed by atoms with E-state index in [2.05, 4.69) is 13.8 Å². The van der Waals surface area contributed by atoms with Crippen LogP contribution in [0.3, 0.4) is 0 Å². The Kier molecular flexibility index (Phi) is 4.14. The molecule has 2 N–H and O–H groups in total. The van der Waals surface area contributed by atoms with E-state index >= 15 is 0 Å². The van der Waals surface area contributed by atoms with Crippen LogP contribution in [0.2, 0.25) is 0 Å². The average Bonchev–Trinajstić information content (AvgIpc) is 2.97. The molecule has 1 rings (SSSR count). The van der Waals surface area contributed by atoms with Gasteiger partial charge in [0.1, 0.15) is 0 Å². The lowest BCUT2D eigenvalue weighted by Crippen LogP contribution is -2.44. The standard InChI is InChI=1S/C12H23NO2/c1-4-15-11(14)12(8-13,9(2)3)7-10-5-6-10/h9-10H,4-8,13H2,1-3H3. The predicted octanol–water partition coefficient (Wildman–Crippen LogP) is 1.95. The second kappa shape index (κ2) is 4.97. The van der Waals surface area contributed by atoms with E-state index in [1.807, 2.05) is 6.92 Å². The van der Waals surface area contributed by atoms with E-state index in [0.717, 1.165) is 6.42 Å². The van der Waals surface area contributed by atoms with Gasteiger partial charge in [-0.15, -0.1) is 0 Å². The number of esters is 1. The van der Waals surface area contributed by atoms with Gasteiger partial charge < -0.3 is 10.5 Å². The van der Waals surface area contributed by atoms with Crippen molar-refractivity contribution in [2.45, 2.75) is 40.0 Å². The van der Waals surface area contributed by atoms with Gasteiger partial charge >= 0.3 is 5.97 Å². The zero-order valence-corrected chi connectivity index (χ0v) is 10.1. The second-order valence-corrected chi connectivity index (χ2v) is 4.88. The third kappa shape index (κ3) is 2.71. The maximum absolute atomic E-state index is 12.0. The van der Waals surface area contributed by atoms with Crippen molar-refractivity contribution >= 4 is 5.97 Å². The largest absolute Gasteiger partial charge is 0.466 e. The number of hydrogen-bond donors (Lipinski definition) is 1. The maximum Gasteiger partial charge on any atom is 0.313 e. The highest BCUT2D eigenvalue weighted by molar-refractivity contribution is 5.77. The van der Waals surface area contributed by atoms with Crippen molar-refractivity contribution < 1.29 is 9.53 Å². The van der Waals surface area contributed by atoms with Gasteiger partial charge in [-0.25, -0.2) is 0 Å². The number of carbonyl (C=O) groups is 1. The number of nitrogens with two attached hydrogens (primary N) is 1. The highest BCUT2D eigenvalue weighted by atomic mass is 16.5. The number of carbonyl (C=O) groups excluding carboxylic acids is 1. The molecule has 0 aromatic carbocycles. The van der Waals surface area contributed by atoms with Crippen LogP contribution < -0.4 is 5.73 Å². The molecule has 3 heteroatoms. The predicted molar refractivity (Wildman–Crippen MR) is 60.3 cm³/mol. The van der Waals surface area contributed by atoms with Crippen LogP contribution in [-0.4, -0.2) is 19.1 Å². The fourth-order valence-electron chi connectivity index (χ4n) is 2.07. The molecular weight excluding hydrogens is 190 g/mol. The third-order valence-electron chi connectivity index (χ3n) is 3.50. The van der Waals surface area contributed by atoms with Crippen LogP contribution in [0.5, 0.6) is 0 Å². The fourth-order valence-corrected chi connectivity index (χ4v) is 2.07. The first-order chi connectivity index (χ1) is 7.06. The Labute approximate surface area is 92.4 Å². The van der Waals surface area contributed by atoms with Gasteiger partial charge in [0.25, 0.3) is 0 Å². The summed E-state index contributed by atoms with van der Waals surface area (Å²) in [5.41, 5.74) is 5.37. The van der Waals surface area contributed by atoms with Crippen molar-refractivity contribution in [3.63, 3.8) is 0 Å². The summed E-state index contributed by atoms with van der Waals surface area (Å²) in [5.74, 6) is 0.844. The molecule has 3 nitrogen and oxygen atoms in total. The molecule has 0 aromatic heterocycles. The first-order valence-electron chi connectivity index (χ1n) is 5.94. The Morgan fingerprint density at radius 1 is 1.53 bits per heavy atom. The van der Waals surface area contributed by atoms with Gasteiger partial charge in [0, 0.05) is 6.54 Å². The molecule has 0 saturated heterocycles. The minimum absolute atomic E-state index is 0.102. The van der Waals surface area contributed by atoms with Gasteiger partial charge in [0.05, 0.1) is 12.0 Å². The summed E-state index contributed by atoms with van der Waals surface area (Å²) in [5, 5.41) is 0. The quantitative estimate of drug-likeness (QED) is 0.686. The van der Waals surface area contributed by atoms with Crippen LogP contribution in [0.1, 0.15) is 40.0 Å². The van der Waals surface area contributed by atoms with Crippen LogP contribution in [0, 0.1) is 17.3 Å². The third-order valence-corrected chi connectivity index (χ3v) is 3.50. The first kappa shape index (κ1) is 12.5. The smallest absolute Gasteiger partial charge is 0.313 e. The molecule has 15 heavy (non-hydrogen) atoms. The summed E-state index contributed by atoms with van der Waals surface area (Å²) in [6, 6.07) is 0. The Morgan fingerprint density at radius 2 is 2.13 bits per heavy atom. The fraction of sp³-hybridized carbons (Fsp3) is 0.917. The average molecular weight is 213 g/mol. The molecule has 1 aliphatic carbocycles. The zero-order valence-electron chi connectivity index (χ0n) is 10.1. The van der Waals surface area contributed by atoms with Gasteiger partial charge in [-0.2, -0.15) is 0 Å². The molecule has 1 aliphatic rings. The van der Waals surface area contributed by atoms with E-state index in [1.54, 1.807) is 0 Å². The van der Waals surface area contributed by atoms with E-state index < -0.39 is 5.41 Å². The molecule has 0 amide bonds.